The molecule has 1 aromatic rings. The van der Waals surface area contributed by atoms with Crippen molar-refractivity contribution >= 4 is 10.5 Å². The molecule has 0 fully saturated rings. The van der Waals surface area contributed by atoms with E-state index in [1.165, 1.54) is 0 Å². The third-order valence-electron chi connectivity index (χ3n) is 2.21. The van der Waals surface area contributed by atoms with Crippen LogP contribution in [0.15, 0.2) is 47.3 Å². The van der Waals surface area contributed by atoms with Crippen LogP contribution in [0.5, 0.6) is 0 Å². The smallest absolute Gasteiger partial charge is 0.164 e. The standard InChI is InChI=1S/C11H13NO2S/c1-3-9(2)11(12-15(13)14)10-7-5-4-6-8-10/h3-9,11H,1H2,2H3/t9-,11?/m0/s1. The molecule has 1 rings (SSSR count). The first-order valence-electron chi connectivity index (χ1n) is 4.63. The van der Waals surface area contributed by atoms with Gasteiger partial charge < -0.3 is 0 Å². The van der Waals surface area contributed by atoms with E-state index in [9.17, 15) is 8.42 Å². The van der Waals surface area contributed by atoms with E-state index in [0.29, 0.717) is 0 Å². The highest BCUT2D eigenvalue weighted by atomic mass is 32.2. The van der Waals surface area contributed by atoms with E-state index in [0.717, 1.165) is 5.56 Å². The molecule has 15 heavy (non-hydrogen) atoms. The molecule has 1 aromatic carbocycles. The van der Waals surface area contributed by atoms with Gasteiger partial charge in [0.05, 0.1) is 6.04 Å². The predicted molar refractivity (Wildman–Crippen MR) is 59.9 cm³/mol. The maximum absolute atomic E-state index is 10.6. The zero-order chi connectivity index (χ0) is 11.3. The first kappa shape index (κ1) is 11.7. The Morgan fingerprint density at radius 1 is 1.33 bits per heavy atom. The molecule has 0 aliphatic heterocycles. The predicted octanol–water partition coefficient (Wildman–Crippen LogP) is 2.61. The first-order valence-corrected chi connectivity index (χ1v) is 5.66. The molecule has 0 heterocycles. The first-order chi connectivity index (χ1) is 7.15. The summed E-state index contributed by atoms with van der Waals surface area (Å²) in [7, 11) is -2.39. The fourth-order valence-corrected chi connectivity index (χ4v) is 1.83. The van der Waals surface area contributed by atoms with Gasteiger partial charge in [0.25, 0.3) is 0 Å². The van der Waals surface area contributed by atoms with Gasteiger partial charge in [0.15, 0.2) is 0 Å². The van der Waals surface area contributed by atoms with Crippen LogP contribution in [-0.2, 0) is 10.5 Å². The van der Waals surface area contributed by atoms with Gasteiger partial charge in [0.2, 0.25) is 0 Å². The molecule has 2 atom stereocenters. The monoisotopic (exact) mass is 223 g/mol. The van der Waals surface area contributed by atoms with Crippen molar-refractivity contribution in [3.8, 4) is 0 Å². The van der Waals surface area contributed by atoms with E-state index in [2.05, 4.69) is 10.9 Å². The van der Waals surface area contributed by atoms with Crippen molar-refractivity contribution in [2.45, 2.75) is 13.0 Å². The second-order valence-corrected chi connectivity index (χ2v) is 3.92. The minimum atomic E-state index is -2.39. The highest BCUT2D eigenvalue weighted by Gasteiger charge is 2.15. The fraction of sp³-hybridized carbons (Fsp3) is 0.273. The Kier molecular flexibility index (Phi) is 4.24. The SMILES string of the molecule is C=C[C@H](C)C(N=S(=O)=O)c1ccccc1. The van der Waals surface area contributed by atoms with E-state index < -0.39 is 10.5 Å². The molecule has 0 bridgehead atoms. The van der Waals surface area contributed by atoms with Gasteiger partial charge in [-0.05, 0) is 5.56 Å². The van der Waals surface area contributed by atoms with Gasteiger partial charge in [0, 0.05) is 5.92 Å². The van der Waals surface area contributed by atoms with Crippen molar-refractivity contribution < 1.29 is 8.42 Å². The third-order valence-corrected chi connectivity index (χ3v) is 2.61. The van der Waals surface area contributed by atoms with Crippen molar-refractivity contribution in [1.82, 2.24) is 0 Å². The van der Waals surface area contributed by atoms with Crippen LogP contribution in [0.25, 0.3) is 0 Å². The van der Waals surface area contributed by atoms with Gasteiger partial charge in [-0.2, -0.15) is 12.8 Å². The lowest BCUT2D eigenvalue weighted by Crippen LogP contribution is -2.04. The topological polar surface area (TPSA) is 46.5 Å². The highest BCUT2D eigenvalue weighted by Crippen LogP contribution is 2.26. The van der Waals surface area contributed by atoms with Crippen molar-refractivity contribution in [2.75, 3.05) is 0 Å². The molecular formula is C11H13NO2S. The van der Waals surface area contributed by atoms with Crippen LogP contribution in [0.1, 0.15) is 18.5 Å². The molecule has 0 saturated carbocycles. The summed E-state index contributed by atoms with van der Waals surface area (Å²) in [4.78, 5) is 0. The normalized spacial score (nSPS) is 13.9. The molecular weight excluding hydrogens is 210 g/mol. The largest absolute Gasteiger partial charge is 0.311 e. The molecule has 0 aliphatic carbocycles. The van der Waals surface area contributed by atoms with E-state index in [1.54, 1.807) is 6.08 Å². The highest BCUT2D eigenvalue weighted by molar-refractivity contribution is 7.61. The Morgan fingerprint density at radius 3 is 2.40 bits per heavy atom. The summed E-state index contributed by atoms with van der Waals surface area (Å²) < 4.78 is 24.9. The van der Waals surface area contributed by atoms with Crippen LogP contribution in [0.3, 0.4) is 0 Å². The maximum Gasteiger partial charge on any atom is 0.311 e. The van der Waals surface area contributed by atoms with Crippen LogP contribution in [0.4, 0.5) is 0 Å². The van der Waals surface area contributed by atoms with E-state index >= 15 is 0 Å². The lowest BCUT2D eigenvalue weighted by Gasteiger charge is -2.14. The Morgan fingerprint density at radius 2 is 1.93 bits per heavy atom. The maximum atomic E-state index is 10.6. The third kappa shape index (κ3) is 3.32. The second-order valence-electron chi connectivity index (χ2n) is 3.27. The van der Waals surface area contributed by atoms with E-state index in [4.69, 9.17) is 0 Å². The minimum absolute atomic E-state index is 0.00898. The van der Waals surface area contributed by atoms with Crippen molar-refractivity contribution in [3.63, 3.8) is 0 Å². The lowest BCUT2D eigenvalue weighted by molar-refractivity contribution is 0.561. The Labute approximate surface area is 91.2 Å². The van der Waals surface area contributed by atoms with Crippen LogP contribution >= 0.6 is 0 Å². The molecule has 0 aliphatic rings. The van der Waals surface area contributed by atoms with E-state index in [1.807, 2.05) is 37.3 Å². The quantitative estimate of drug-likeness (QED) is 0.736. The summed E-state index contributed by atoms with van der Waals surface area (Å²) in [6, 6.07) is 8.96. The van der Waals surface area contributed by atoms with E-state index in [-0.39, 0.29) is 12.0 Å². The number of hydrogen-bond acceptors (Lipinski definition) is 3. The van der Waals surface area contributed by atoms with Crippen LogP contribution < -0.4 is 0 Å². The summed E-state index contributed by atoms with van der Waals surface area (Å²) in [5, 5.41) is 0. The minimum Gasteiger partial charge on any atom is -0.164 e. The van der Waals surface area contributed by atoms with Crippen molar-refractivity contribution in [1.29, 1.82) is 0 Å². The molecule has 3 nitrogen and oxygen atoms in total. The molecule has 4 heteroatoms. The molecule has 0 aromatic heterocycles. The second kappa shape index (κ2) is 5.46. The van der Waals surface area contributed by atoms with Gasteiger partial charge >= 0.3 is 10.5 Å². The number of benzene rings is 1. The van der Waals surface area contributed by atoms with Crippen LogP contribution in [0, 0.1) is 5.92 Å². The number of nitrogens with zero attached hydrogens (tertiary/aromatic N) is 1. The van der Waals surface area contributed by atoms with Gasteiger partial charge in [-0.25, -0.2) is 0 Å². The molecule has 0 N–H and O–H groups in total. The van der Waals surface area contributed by atoms with Gasteiger partial charge in [0.1, 0.15) is 0 Å². The average molecular weight is 223 g/mol. The van der Waals surface area contributed by atoms with Gasteiger partial charge in [-0.1, -0.05) is 43.3 Å². The summed E-state index contributed by atoms with van der Waals surface area (Å²) in [5.41, 5.74) is 0.883. The number of hydrogen-bond donors (Lipinski definition) is 0. The molecule has 80 valence electrons. The van der Waals surface area contributed by atoms with Crippen molar-refractivity contribution in [3.05, 3.63) is 48.6 Å². The molecule has 0 radical (unpaired) electrons. The molecule has 1 unspecified atom stereocenters. The summed E-state index contributed by atoms with van der Waals surface area (Å²) in [5.74, 6) is -0.00898. The van der Waals surface area contributed by atoms with Gasteiger partial charge in [-0.3, -0.25) is 0 Å². The lowest BCUT2D eigenvalue weighted by atomic mass is 9.96. The molecule has 0 amide bonds. The van der Waals surface area contributed by atoms with Crippen molar-refractivity contribution in [2.24, 2.45) is 10.3 Å². The van der Waals surface area contributed by atoms with Crippen LogP contribution in [0.2, 0.25) is 0 Å². The fourth-order valence-electron chi connectivity index (χ4n) is 1.33. The zero-order valence-corrected chi connectivity index (χ0v) is 9.31. The molecule has 0 spiro atoms. The van der Waals surface area contributed by atoms with Crippen LogP contribution in [-0.4, -0.2) is 8.42 Å². The summed E-state index contributed by atoms with van der Waals surface area (Å²) >= 11 is 0. The number of rotatable bonds is 4. The Hall–Kier alpha value is -1.42. The zero-order valence-electron chi connectivity index (χ0n) is 8.50. The summed E-state index contributed by atoms with van der Waals surface area (Å²) in [6.07, 6.45) is 1.70. The Balaban J connectivity index is 3.12. The Bertz CT molecular complexity index is 443. The van der Waals surface area contributed by atoms with Gasteiger partial charge in [-0.15, -0.1) is 6.58 Å². The molecule has 0 saturated heterocycles. The summed E-state index contributed by atoms with van der Waals surface area (Å²) in [6.45, 7) is 5.54. The average Bonchev–Trinajstić information content (AvgIpc) is 2.26.